The van der Waals surface area contributed by atoms with Gasteiger partial charge in [0.25, 0.3) is 11.7 Å². The highest BCUT2D eigenvalue weighted by Crippen LogP contribution is 2.43. The fraction of sp³-hybridized carbons (Fsp3) is 0.148. The summed E-state index contributed by atoms with van der Waals surface area (Å²) < 4.78 is 4.70. The van der Waals surface area contributed by atoms with Crippen LogP contribution in [0.1, 0.15) is 28.3 Å². The summed E-state index contributed by atoms with van der Waals surface area (Å²) >= 11 is 6.10. The molecule has 1 aliphatic heterocycles. The predicted molar refractivity (Wildman–Crippen MR) is 130 cm³/mol. The standard InChI is InChI=1S/C27H22ClNO5/c1-16-6-3-4-9-21(16)24-23(25(31)18-7-5-8-19(28)15-18)26(32)27(33)29(24)20-12-10-17(11-13-20)14-22(30)34-2/h3-13,15,24,31H,14H2,1-2H3/b25-23+. The zero-order chi connectivity index (χ0) is 24.4. The number of aliphatic hydroxyl groups is 1. The van der Waals surface area contributed by atoms with Crippen LogP contribution >= 0.6 is 11.6 Å². The van der Waals surface area contributed by atoms with Crippen LogP contribution < -0.4 is 4.90 Å². The topological polar surface area (TPSA) is 83.9 Å². The second kappa shape index (κ2) is 9.53. The third-order valence-corrected chi connectivity index (χ3v) is 6.05. The number of hydrogen-bond acceptors (Lipinski definition) is 5. The Balaban J connectivity index is 1.87. The Morgan fingerprint density at radius 1 is 1.03 bits per heavy atom. The van der Waals surface area contributed by atoms with Crippen molar-refractivity contribution < 1.29 is 24.2 Å². The van der Waals surface area contributed by atoms with E-state index in [1.165, 1.54) is 12.0 Å². The molecule has 1 amide bonds. The molecule has 1 N–H and O–H groups in total. The SMILES string of the molecule is COC(=O)Cc1ccc(N2C(=O)C(=O)/C(=C(/O)c3cccc(Cl)c3)C2c2ccccc2C)cc1. The summed E-state index contributed by atoms with van der Waals surface area (Å²) in [5, 5.41) is 11.6. The lowest BCUT2D eigenvalue weighted by molar-refractivity contribution is -0.139. The number of esters is 1. The predicted octanol–water partition coefficient (Wildman–Crippen LogP) is 4.99. The van der Waals surface area contributed by atoms with Gasteiger partial charge in [-0.1, -0.05) is 60.1 Å². The summed E-state index contributed by atoms with van der Waals surface area (Å²) in [6, 6.07) is 19.8. The molecule has 1 atom stereocenters. The number of nitrogens with zero attached hydrogens (tertiary/aromatic N) is 1. The number of Topliss-reactive ketones (excluding diaryl/α,β-unsaturated/α-hetero) is 1. The van der Waals surface area contributed by atoms with Gasteiger partial charge in [0, 0.05) is 16.3 Å². The largest absolute Gasteiger partial charge is 0.507 e. The van der Waals surface area contributed by atoms with Crippen molar-refractivity contribution in [2.24, 2.45) is 0 Å². The number of methoxy groups -OCH3 is 1. The molecule has 0 bridgehead atoms. The number of carbonyl (C=O) groups is 3. The van der Waals surface area contributed by atoms with Crippen LogP contribution in [-0.4, -0.2) is 29.9 Å². The number of halogens is 1. The highest BCUT2D eigenvalue weighted by Gasteiger charge is 2.47. The van der Waals surface area contributed by atoms with Crippen LogP contribution in [0.2, 0.25) is 5.02 Å². The summed E-state index contributed by atoms with van der Waals surface area (Å²) in [5.74, 6) is -2.21. The molecule has 1 fully saturated rings. The Morgan fingerprint density at radius 2 is 1.74 bits per heavy atom. The third kappa shape index (κ3) is 4.32. The fourth-order valence-corrected chi connectivity index (χ4v) is 4.28. The van der Waals surface area contributed by atoms with E-state index in [4.69, 9.17) is 16.3 Å². The van der Waals surface area contributed by atoms with Gasteiger partial charge in [-0.05, 0) is 47.9 Å². The van der Waals surface area contributed by atoms with Crippen molar-refractivity contribution >= 4 is 40.7 Å². The van der Waals surface area contributed by atoms with E-state index in [0.717, 1.165) is 5.56 Å². The molecule has 1 saturated heterocycles. The smallest absolute Gasteiger partial charge is 0.309 e. The fourth-order valence-electron chi connectivity index (χ4n) is 4.09. The van der Waals surface area contributed by atoms with Gasteiger partial charge in [0.05, 0.1) is 25.1 Å². The molecule has 34 heavy (non-hydrogen) atoms. The van der Waals surface area contributed by atoms with Crippen molar-refractivity contribution in [2.75, 3.05) is 12.0 Å². The lowest BCUT2D eigenvalue weighted by Crippen LogP contribution is -2.29. The molecule has 1 aliphatic rings. The van der Waals surface area contributed by atoms with E-state index >= 15 is 0 Å². The molecule has 1 unspecified atom stereocenters. The van der Waals surface area contributed by atoms with Crippen LogP contribution in [0.4, 0.5) is 5.69 Å². The summed E-state index contributed by atoms with van der Waals surface area (Å²) in [7, 11) is 1.32. The average molecular weight is 476 g/mol. The monoisotopic (exact) mass is 475 g/mol. The molecule has 1 heterocycles. The number of carbonyl (C=O) groups excluding carboxylic acids is 3. The van der Waals surface area contributed by atoms with Gasteiger partial charge in [0.15, 0.2) is 0 Å². The van der Waals surface area contributed by atoms with Crippen LogP contribution in [0.15, 0.2) is 78.4 Å². The highest BCUT2D eigenvalue weighted by atomic mass is 35.5. The molecule has 3 aromatic carbocycles. The van der Waals surface area contributed by atoms with Crippen LogP contribution in [0, 0.1) is 6.92 Å². The molecule has 4 rings (SSSR count). The minimum atomic E-state index is -0.841. The van der Waals surface area contributed by atoms with E-state index in [2.05, 4.69) is 0 Å². The minimum absolute atomic E-state index is 0.0137. The molecule has 3 aromatic rings. The molecular formula is C27H22ClNO5. The molecule has 0 radical (unpaired) electrons. The maximum absolute atomic E-state index is 13.3. The van der Waals surface area contributed by atoms with E-state index in [0.29, 0.717) is 27.4 Å². The van der Waals surface area contributed by atoms with Gasteiger partial charge in [-0.2, -0.15) is 0 Å². The van der Waals surface area contributed by atoms with Gasteiger partial charge in [-0.15, -0.1) is 0 Å². The number of ketones is 1. The normalized spacial score (nSPS) is 17.1. The molecule has 0 spiro atoms. The third-order valence-electron chi connectivity index (χ3n) is 5.82. The molecule has 6 nitrogen and oxygen atoms in total. The molecule has 0 aromatic heterocycles. The first-order valence-corrected chi connectivity index (χ1v) is 11.0. The van der Waals surface area contributed by atoms with Crippen molar-refractivity contribution in [1.29, 1.82) is 0 Å². The van der Waals surface area contributed by atoms with Crippen LogP contribution in [0.3, 0.4) is 0 Å². The molecule has 0 saturated carbocycles. The zero-order valence-corrected chi connectivity index (χ0v) is 19.4. The Labute approximate surface area is 202 Å². The van der Waals surface area contributed by atoms with Gasteiger partial charge < -0.3 is 9.84 Å². The lowest BCUT2D eigenvalue weighted by atomic mass is 9.92. The van der Waals surface area contributed by atoms with Gasteiger partial charge >= 0.3 is 5.97 Å². The van der Waals surface area contributed by atoms with E-state index in [1.807, 2.05) is 31.2 Å². The lowest BCUT2D eigenvalue weighted by Gasteiger charge is -2.26. The average Bonchev–Trinajstić information content (AvgIpc) is 3.09. The number of ether oxygens (including phenoxy) is 1. The van der Waals surface area contributed by atoms with Crippen molar-refractivity contribution in [2.45, 2.75) is 19.4 Å². The summed E-state index contributed by atoms with van der Waals surface area (Å²) in [4.78, 5) is 39.5. The van der Waals surface area contributed by atoms with Crippen molar-refractivity contribution in [1.82, 2.24) is 0 Å². The highest BCUT2D eigenvalue weighted by molar-refractivity contribution is 6.51. The van der Waals surface area contributed by atoms with E-state index in [-0.39, 0.29) is 23.7 Å². The number of amides is 1. The van der Waals surface area contributed by atoms with Gasteiger partial charge in [0.2, 0.25) is 0 Å². The number of aliphatic hydroxyl groups excluding tert-OH is 1. The van der Waals surface area contributed by atoms with Crippen LogP contribution in [-0.2, 0) is 25.5 Å². The number of aryl methyl sites for hydroxylation is 1. The summed E-state index contributed by atoms with van der Waals surface area (Å²) in [6.07, 6.45) is 0.0889. The first-order valence-electron chi connectivity index (χ1n) is 10.6. The van der Waals surface area contributed by atoms with E-state index in [1.54, 1.807) is 48.5 Å². The second-order valence-corrected chi connectivity index (χ2v) is 8.39. The number of anilines is 1. The molecule has 7 heteroatoms. The van der Waals surface area contributed by atoms with E-state index in [9.17, 15) is 19.5 Å². The summed E-state index contributed by atoms with van der Waals surface area (Å²) in [6.45, 7) is 1.88. The van der Waals surface area contributed by atoms with Gasteiger partial charge in [0.1, 0.15) is 5.76 Å². The van der Waals surface area contributed by atoms with Crippen molar-refractivity contribution in [3.05, 3.63) is 106 Å². The van der Waals surface area contributed by atoms with Crippen LogP contribution in [0.5, 0.6) is 0 Å². The van der Waals surface area contributed by atoms with Gasteiger partial charge in [-0.3, -0.25) is 19.3 Å². The summed E-state index contributed by atoms with van der Waals surface area (Å²) in [5.41, 5.74) is 3.08. The van der Waals surface area contributed by atoms with Crippen LogP contribution in [0.25, 0.3) is 5.76 Å². The maximum Gasteiger partial charge on any atom is 0.309 e. The molecule has 0 aliphatic carbocycles. The van der Waals surface area contributed by atoms with Crippen molar-refractivity contribution in [3.8, 4) is 0 Å². The Bertz CT molecular complexity index is 1310. The maximum atomic E-state index is 13.3. The van der Waals surface area contributed by atoms with E-state index < -0.39 is 17.7 Å². The van der Waals surface area contributed by atoms with Gasteiger partial charge in [-0.25, -0.2) is 0 Å². The second-order valence-electron chi connectivity index (χ2n) is 7.96. The first-order chi connectivity index (χ1) is 16.3. The Kier molecular flexibility index (Phi) is 6.52. The Hall–Kier alpha value is -3.90. The zero-order valence-electron chi connectivity index (χ0n) is 18.6. The molecule has 172 valence electrons. The quantitative estimate of drug-likeness (QED) is 0.243. The minimum Gasteiger partial charge on any atom is -0.507 e. The number of benzene rings is 3. The number of rotatable bonds is 5. The number of hydrogen-bond donors (Lipinski definition) is 1. The first kappa shape index (κ1) is 23.3. The molecular weight excluding hydrogens is 454 g/mol. The van der Waals surface area contributed by atoms with Crippen molar-refractivity contribution in [3.63, 3.8) is 0 Å². The Morgan fingerprint density at radius 3 is 2.38 bits per heavy atom.